The average molecular weight is 593 g/mol. The summed E-state index contributed by atoms with van der Waals surface area (Å²) in [5.41, 5.74) is 4.64. The maximum Gasteiger partial charge on any atom is 0.267 e. The first kappa shape index (κ1) is 29.9. The van der Waals surface area contributed by atoms with Gasteiger partial charge in [0.05, 0.1) is 24.6 Å². The lowest BCUT2D eigenvalue weighted by Crippen LogP contribution is -2.28. The molecule has 0 spiro atoms. The maximum absolute atomic E-state index is 13.8. The summed E-state index contributed by atoms with van der Waals surface area (Å²) in [4.78, 5) is 20.9. The van der Waals surface area contributed by atoms with Crippen LogP contribution in [0.4, 0.5) is 4.39 Å². The van der Waals surface area contributed by atoms with Crippen LogP contribution in [0.2, 0.25) is 0 Å². The Balaban J connectivity index is 1.46. The number of hydrogen-bond donors (Lipinski definition) is 0. The molecule has 0 aliphatic carbocycles. The van der Waals surface area contributed by atoms with Crippen molar-refractivity contribution in [1.82, 2.24) is 4.90 Å². The van der Waals surface area contributed by atoms with Crippen LogP contribution in [0.3, 0.4) is 0 Å². The van der Waals surface area contributed by atoms with E-state index < -0.39 is 0 Å². The third-order valence-corrected chi connectivity index (χ3v) is 7.77. The molecule has 0 unspecified atom stereocenters. The molecule has 0 atom stereocenters. The van der Waals surface area contributed by atoms with Crippen molar-refractivity contribution in [2.24, 2.45) is 4.99 Å². The third-order valence-electron chi connectivity index (χ3n) is 6.72. The molecule has 43 heavy (non-hydrogen) atoms. The molecule has 4 aromatic carbocycles. The number of amides is 1. The number of amidine groups is 1. The highest BCUT2D eigenvalue weighted by Gasteiger charge is 2.33. The monoisotopic (exact) mass is 592 g/mol. The lowest BCUT2D eigenvalue weighted by molar-refractivity contribution is -0.122. The van der Waals surface area contributed by atoms with E-state index in [0.29, 0.717) is 47.7 Å². The van der Waals surface area contributed by atoms with E-state index in [2.05, 4.69) is 6.58 Å². The summed E-state index contributed by atoms with van der Waals surface area (Å²) in [6, 6.07) is 30.0. The van der Waals surface area contributed by atoms with Gasteiger partial charge in [0.15, 0.2) is 16.7 Å². The van der Waals surface area contributed by atoms with Gasteiger partial charge in [-0.1, -0.05) is 78.9 Å². The number of carbonyl (C=O) groups excluding carboxylic acids is 1. The van der Waals surface area contributed by atoms with E-state index in [1.54, 1.807) is 23.1 Å². The zero-order valence-corrected chi connectivity index (χ0v) is 24.9. The van der Waals surface area contributed by atoms with E-state index in [0.717, 1.165) is 27.8 Å². The van der Waals surface area contributed by atoms with Gasteiger partial charge >= 0.3 is 0 Å². The maximum atomic E-state index is 13.8. The van der Waals surface area contributed by atoms with Crippen LogP contribution in [0.25, 0.3) is 6.08 Å². The molecule has 7 heteroatoms. The van der Waals surface area contributed by atoms with E-state index in [1.165, 1.54) is 23.9 Å². The number of nitrogens with zero attached hydrogens (tertiary/aromatic N) is 2. The van der Waals surface area contributed by atoms with Crippen LogP contribution >= 0.6 is 11.8 Å². The van der Waals surface area contributed by atoms with Crippen molar-refractivity contribution in [1.29, 1.82) is 0 Å². The fraction of sp³-hybridized carbons (Fsp3) is 0.167. The second kappa shape index (κ2) is 14.5. The smallest absolute Gasteiger partial charge is 0.267 e. The lowest BCUT2D eigenvalue weighted by atomic mass is 10.0. The highest BCUT2D eigenvalue weighted by molar-refractivity contribution is 8.18. The first-order valence-electron chi connectivity index (χ1n) is 14.2. The quantitative estimate of drug-likeness (QED) is 0.123. The molecule has 0 N–H and O–H groups in total. The average Bonchev–Trinajstić information content (AvgIpc) is 3.31. The fourth-order valence-corrected chi connectivity index (χ4v) is 5.64. The highest BCUT2D eigenvalue weighted by atomic mass is 32.2. The van der Waals surface area contributed by atoms with E-state index in [9.17, 15) is 9.18 Å². The Bertz CT molecular complexity index is 1620. The van der Waals surface area contributed by atoms with Crippen molar-refractivity contribution in [2.75, 3.05) is 6.61 Å². The van der Waals surface area contributed by atoms with Gasteiger partial charge in [-0.25, -0.2) is 4.39 Å². The van der Waals surface area contributed by atoms with Gasteiger partial charge in [0.2, 0.25) is 0 Å². The van der Waals surface area contributed by atoms with Gasteiger partial charge in [0, 0.05) is 5.56 Å². The predicted molar refractivity (Wildman–Crippen MR) is 172 cm³/mol. The van der Waals surface area contributed by atoms with Gasteiger partial charge in [-0.3, -0.25) is 14.7 Å². The number of rotatable bonds is 12. The largest absolute Gasteiger partial charge is 0.490 e. The van der Waals surface area contributed by atoms with Crippen molar-refractivity contribution in [3.63, 3.8) is 0 Å². The molecule has 5 nitrogen and oxygen atoms in total. The number of halogens is 1. The Labute approximate surface area is 256 Å². The molecule has 1 aliphatic heterocycles. The zero-order valence-electron chi connectivity index (χ0n) is 24.0. The molecule has 218 valence electrons. The Morgan fingerprint density at radius 3 is 2.28 bits per heavy atom. The van der Waals surface area contributed by atoms with Crippen LogP contribution < -0.4 is 9.47 Å². The van der Waals surface area contributed by atoms with Gasteiger partial charge in [-0.15, -0.1) is 6.58 Å². The summed E-state index contributed by atoms with van der Waals surface area (Å²) in [6.07, 6.45) is 4.23. The normalized spacial score (nSPS) is 14.8. The molecule has 1 aliphatic rings. The van der Waals surface area contributed by atoms with Crippen molar-refractivity contribution in [3.8, 4) is 11.5 Å². The topological polar surface area (TPSA) is 51.1 Å². The summed E-state index contributed by atoms with van der Waals surface area (Å²) in [7, 11) is 0. The molecular weight excluding hydrogens is 559 g/mol. The number of allylic oxidation sites excluding steroid dienone is 1. The van der Waals surface area contributed by atoms with Crippen LogP contribution in [0.1, 0.15) is 34.7 Å². The van der Waals surface area contributed by atoms with Crippen molar-refractivity contribution in [2.45, 2.75) is 33.0 Å². The van der Waals surface area contributed by atoms with Gasteiger partial charge in [-0.2, -0.15) is 0 Å². The van der Waals surface area contributed by atoms with Gasteiger partial charge in [-0.05, 0) is 77.7 Å². The van der Waals surface area contributed by atoms with Gasteiger partial charge in [0.1, 0.15) is 12.4 Å². The molecule has 0 saturated carbocycles. The van der Waals surface area contributed by atoms with Crippen LogP contribution in [-0.4, -0.2) is 22.6 Å². The summed E-state index contributed by atoms with van der Waals surface area (Å²) < 4.78 is 25.6. The molecule has 5 rings (SSSR count). The Morgan fingerprint density at radius 2 is 1.60 bits per heavy atom. The molecule has 0 radical (unpaired) electrons. The lowest BCUT2D eigenvalue weighted by Gasteiger charge is -2.17. The predicted octanol–water partition coefficient (Wildman–Crippen LogP) is 8.20. The molecule has 4 aromatic rings. The Kier molecular flexibility index (Phi) is 10.1. The highest BCUT2D eigenvalue weighted by Crippen LogP contribution is 2.38. The van der Waals surface area contributed by atoms with Gasteiger partial charge in [0.25, 0.3) is 5.91 Å². The first-order valence-corrected chi connectivity index (χ1v) is 15.0. The molecule has 1 amide bonds. The molecule has 0 aromatic heterocycles. The molecule has 0 bridgehead atoms. The summed E-state index contributed by atoms with van der Waals surface area (Å²) >= 11 is 1.38. The number of benzene rings is 4. The van der Waals surface area contributed by atoms with E-state index >= 15 is 0 Å². The first-order chi connectivity index (χ1) is 21.0. The third kappa shape index (κ3) is 7.81. The molecule has 1 saturated heterocycles. The van der Waals surface area contributed by atoms with Crippen molar-refractivity contribution >= 4 is 28.9 Å². The number of carbonyl (C=O) groups is 1. The van der Waals surface area contributed by atoms with E-state index in [1.807, 2.05) is 85.8 Å². The summed E-state index contributed by atoms with van der Waals surface area (Å²) in [5, 5.41) is 0.666. The number of thioether (sulfide) groups is 1. The van der Waals surface area contributed by atoms with Crippen LogP contribution in [0.5, 0.6) is 11.5 Å². The minimum Gasteiger partial charge on any atom is -0.490 e. The van der Waals surface area contributed by atoms with Crippen LogP contribution in [0, 0.1) is 5.82 Å². The standard InChI is InChI=1S/C36H33FN2O3S/c1-3-11-30-20-29(21-32(41-4-2)34(30)42-25-28-16-18-31(37)19-17-28)22-33-35(40)39(24-27-14-9-6-10-15-27)36(43-33)38-23-26-12-7-5-8-13-26/h3,5-10,12-22H,1,4,11,23-25H2,2H3/b33-22+,38-36?. The second-order valence-corrected chi connectivity index (χ2v) is 10.9. The minimum absolute atomic E-state index is 0.0967. The van der Waals surface area contributed by atoms with Gasteiger partial charge < -0.3 is 9.47 Å². The molecule has 1 fully saturated rings. The van der Waals surface area contributed by atoms with E-state index in [4.69, 9.17) is 14.5 Å². The van der Waals surface area contributed by atoms with Crippen molar-refractivity contribution < 1.29 is 18.7 Å². The second-order valence-electron chi connectivity index (χ2n) is 9.92. The minimum atomic E-state index is -0.293. The zero-order chi connectivity index (χ0) is 30.0. The number of ether oxygens (including phenoxy) is 2. The van der Waals surface area contributed by atoms with Crippen LogP contribution in [-0.2, 0) is 30.9 Å². The Morgan fingerprint density at radius 1 is 0.907 bits per heavy atom. The number of aliphatic imine (C=N–C) groups is 1. The number of hydrogen-bond acceptors (Lipinski definition) is 5. The van der Waals surface area contributed by atoms with Crippen molar-refractivity contribution in [3.05, 3.63) is 148 Å². The summed E-state index contributed by atoms with van der Waals surface area (Å²) in [5.74, 6) is 0.791. The summed E-state index contributed by atoms with van der Waals surface area (Å²) in [6.45, 7) is 7.44. The van der Waals surface area contributed by atoms with Crippen LogP contribution in [0.15, 0.2) is 120 Å². The molecular formula is C36H33FN2O3S. The molecule has 1 heterocycles. The Hall–Kier alpha value is -4.62. The van der Waals surface area contributed by atoms with E-state index in [-0.39, 0.29) is 18.3 Å². The fourth-order valence-electron chi connectivity index (χ4n) is 4.66. The SMILES string of the molecule is C=CCc1cc(/C=C2/SC(=NCc3ccccc3)N(Cc3ccccc3)C2=O)cc(OCC)c1OCc1ccc(F)cc1.